The Kier molecular flexibility index (Phi) is 4.37. The van der Waals surface area contributed by atoms with Crippen LogP contribution in [-0.2, 0) is 4.74 Å². The zero-order valence-corrected chi connectivity index (χ0v) is 9.47. The van der Waals surface area contributed by atoms with Gasteiger partial charge in [-0.1, -0.05) is 18.7 Å². The Morgan fingerprint density at radius 2 is 1.73 bits per heavy atom. The van der Waals surface area contributed by atoms with Crippen molar-refractivity contribution in [3.05, 3.63) is 35.4 Å². The fourth-order valence-electron chi connectivity index (χ4n) is 1.07. The second kappa shape index (κ2) is 5.56. The van der Waals surface area contributed by atoms with Gasteiger partial charge in [-0.05, 0) is 30.0 Å². The Labute approximate surface area is 92.8 Å². The molecule has 0 aromatic heterocycles. The second-order valence-corrected chi connectivity index (χ2v) is 4.03. The molecule has 0 bridgehead atoms. The van der Waals surface area contributed by atoms with Crippen molar-refractivity contribution in [1.82, 2.24) is 0 Å². The van der Waals surface area contributed by atoms with E-state index in [1.165, 1.54) is 18.9 Å². The number of hydrogen-bond acceptors (Lipinski definition) is 4. The monoisotopic (exact) mass is 224 g/mol. The number of rotatable bonds is 3. The highest BCUT2D eigenvalue weighted by Crippen LogP contribution is 2.13. The van der Waals surface area contributed by atoms with Gasteiger partial charge in [-0.15, -0.1) is 0 Å². The first-order valence-corrected chi connectivity index (χ1v) is 5.53. The summed E-state index contributed by atoms with van der Waals surface area (Å²) in [5, 5.41) is 0.0221. The lowest BCUT2D eigenvalue weighted by Crippen LogP contribution is -2.02. The summed E-state index contributed by atoms with van der Waals surface area (Å²) in [6, 6.07) is 6.46. The van der Waals surface area contributed by atoms with Gasteiger partial charge in [0.25, 0.3) is 0 Å². The molecule has 0 heterocycles. The SMILES string of the molecule is CCSC(=O)c1ccc(C(=O)OC)cc1. The third-order valence-electron chi connectivity index (χ3n) is 1.82. The number of hydrogen-bond donors (Lipinski definition) is 0. The smallest absolute Gasteiger partial charge is 0.337 e. The number of benzene rings is 1. The average Bonchev–Trinajstić information content (AvgIpc) is 2.28. The van der Waals surface area contributed by atoms with Crippen LogP contribution in [0.15, 0.2) is 24.3 Å². The fraction of sp³-hybridized carbons (Fsp3) is 0.273. The molecule has 3 nitrogen and oxygen atoms in total. The highest BCUT2D eigenvalue weighted by molar-refractivity contribution is 8.14. The summed E-state index contributed by atoms with van der Waals surface area (Å²) in [4.78, 5) is 22.6. The molecule has 0 fully saturated rings. The molecule has 15 heavy (non-hydrogen) atoms. The summed E-state index contributed by atoms with van der Waals surface area (Å²) >= 11 is 1.25. The number of thioether (sulfide) groups is 1. The van der Waals surface area contributed by atoms with Crippen LogP contribution in [-0.4, -0.2) is 23.9 Å². The molecule has 0 radical (unpaired) electrons. The molecular weight excluding hydrogens is 212 g/mol. The maximum absolute atomic E-state index is 11.4. The van der Waals surface area contributed by atoms with E-state index in [4.69, 9.17) is 0 Å². The normalized spacial score (nSPS) is 9.73. The number of esters is 1. The molecule has 0 aliphatic heterocycles. The molecule has 0 saturated carbocycles. The van der Waals surface area contributed by atoms with Gasteiger partial charge >= 0.3 is 5.97 Å². The highest BCUT2D eigenvalue weighted by atomic mass is 32.2. The molecule has 0 N–H and O–H groups in total. The minimum absolute atomic E-state index is 0.0221. The molecule has 1 aromatic carbocycles. The molecule has 0 aliphatic carbocycles. The second-order valence-electron chi connectivity index (χ2n) is 2.79. The van der Waals surface area contributed by atoms with Gasteiger partial charge in [0.15, 0.2) is 0 Å². The molecular formula is C11H12O3S. The lowest BCUT2D eigenvalue weighted by atomic mass is 10.1. The van der Waals surface area contributed by atoms with Crippen molar-refractivity contribution in [2.45, 2.75) is 6.92 Å². The van der Waals surface area contributed by atoms with E-state index in [1.54, 1.807) is 24.3 Å². The maximum Gasteiger partial charge on any atom is 0.337 e. The van der Waals surface area contributed by atoms with Crippen molar-refractivity contribution in [1.29, 1.82) is 0 Å². The Morgan fingerprint density at radius 1 is 1.20 bits per heavy atom. The van der Waals surface area contributed by atoms with Crippen LogP contribution in [0.3, 0.4) is 0 Å². The van der Waals surface area contributed by atoms with E-state index < -0.39 is 5.97 Å². The summed E-state index contributed by atoms with van der Waals surface area (Å²) in [5.74, 6) is 0.356. The number of ether oxygens (including phenoxy) is 1. The Morgan fingerprint density at radius 3 is 2.20 bits per heavy atom. The van der Waals surface area contributed by atoms with Gasteiger partial charge < -0.3 is 4.74 Å². The fourth-order valence-corrected chi connectivity index (χ4v) is 1.64. The van der Waals surface area contributed by atoms with Crippen LogP contribution >= 0.6 is 11.8 Å². The first kappa shape index (κ1) is 11.8. The summed E-state index contributed by atoms with van der Waals surface area (Å²) in [6.07, 6.45) is 0. The minimum atomic E-state index is -0.392. The van der Waals surface area contributed by atoms with E-state index in [0.29, 0.717) is 11.1 Å². The lowest BCUT2D eigenvalue weighted by molar-refractivity contribution is 0.0600. The van der Waals surface area contributed by atoms with Crippen LogP contribution in [0.5, 0.6) is 0 Å². The number of methoxy groups -OCH3 is 1. The predicted molar refractivity (Wildman–Crippen MR) is 60.2 cm³/mol. The molecule has 0 aliphatic rings. The lowest BCUT2D eigenvalue weighted by Gasteiger charge is -2.01. The predicted octanol–water partition coefficient (Wildman–Crippen LogP) is 2.37. The van der Waals surface area contributed by atoms with E-state index >= 15 is 0 Å². The summed E-state index contributed by atoms with van der Waals surface area (Å²) in [7, 11) is 1.33. The van der Waals surface area contributed by atoms with Crippen LogP contribution in [0.4, 0.5) is 0 Å². The maximum atomic E-state index is 11.4. The molecule has 0 spiro atoms. The minimum Gasteiger partial charge on any atom is -0.465 e. The zero-order valence-electron chi connectivity index (χ0n) is 8.65. The molecule has 0 atom stereocenters. The Bertz CT molecular complexity index is 357. The van der Waals surface area contributed by atoms with Crippen molar-refractivity contribution in [3.8, 4) is 0 Å². The van der Waals surface area contributed by atoms with E-state index in [9.17, 15) is 9.59 Å². The van der Waals surface area contributed by atoms with Gasteiger partial charge in [0.05, 0.1) is 12.7 Å². The molecule has 1 rings (SSSR count). The third-order valence-corrected chi connectivity index (χ3v) is 2.60. The molecule has 0 amide bonds. The first-order chi connectivity index (χ1) is 7.19. The van der Waals surface area contributed by atoms with Crippen molar-refractivity contribution >= 4 is 22.8 Å². The largest absolute Gasteiger partial charge is 0.465 e. The van der Waals surface area contributed by atoms with E-state index in [2.05, 4.69) is 4.74 Å². The summed E-state index contributed by atoms with van der Waals surface area (Å²) in [6.45, 7) is 1.92. The van der Waals surface area contributed by atoms with E-state index in [0.717, 1.165) is 5.75 Å². The van der Waals surface area contributed by atoms with Crippen LogP contribution in [0.2, 0.25) is 0 Å². The van der Waals surface area contributed by atoms with Crippen molar-refractivity contribution in [2.24, 2.45) is 0 Å². The zero-order chi connectivity index (χ0) is 11.3. The van der Waals surface area contributed by atoms with Crippen LogP contribution in [0.1, 0.15) is 27.6 Å². The van der Waals surface area contributed by atoms with Crippen LogP contribution in [0, 0.1) is 0 Å². The third kappa shape index (κ3) is 3.09. The van der Waals surface area contributed by atoms with Crippen LogP contribution < -0.4 is 0 Å². The quantitative estimate of drug-likeness (QED) is 0.739. The van der Waals surface area contributed by atoms with Crippen molar-refractivity contribution < 1.29 is 14.3 Å². The topological polar surface area (TPSA) is 43.4 Å². The van der Waals surface area contributed by atoms with E-state index in [-0.39, 0.29) is 5.12 Å². The van der Waals surface area contributed by atoms with Gasteiger partial charge in [0, 0.05) is 5.56 Å². The van der Waals surface area contributed by atoms with Crippen molar-refractivity contribution in [2.75, 3.05) is 12.9 Å². The summed E-state index contributed by atoms with van der Waals surface area (Å²) < 4.78 is 4.56. The van der Waals surface area contributed by atoms with Gasteiger partial charge in [0.2, 0.25) is 5.12 Å². The van der Waals surface area contributed by atoms with Gasteiger partial charge in [-0.2, -0.15) is 0 Å². The Balaban J connectivity index is 2.80. The molecule has 4 heteroatoms. The summed E-state index contributed by atoms with van der Waals surface area (Å²) in [5.41, 5.74) is 1.06. The first-order valence-electron chi connectivity index (χ1n) is 4.54. The van der Waals surface area contributed by atoms with Crippen LogP contribution in [0.25, 0.3) is 0 Å². The highest BCUT2D eigenvalue weighted by Gasteiger charge is 2.08. The standard InChI is InChI=1S/C11H12O3S/c1-3-15-11(13)9-6-4-8(5-7-9)10(12)14-2/h4-7H,3H2,1-2H3. The van der Waals surface area contributed by atoms with Crippen molar-refractivity contribution in [3.63, 3.8) is 0 Å². The molecule has 0 unspecified atom stereocenters. The molecule has 0 saturated heterocycles. The van der Waals surface area contributed by atoms with Gasteiger partial charge in [0.1, 0.15) is 0 Å². The van der Waals surface area contributed by atoms with Gasteiger partial charge in [-0.25, -0.2) is 4.79 Å². The average molecular weight is 224 g/mol. The number of carbonyl (C=O) groups excluding carboxylic acids is 2. The molecule has 1 aromatic rings. The van der Waals surface area contributed by atoms with Gasteiger partial charge in [-0.3, -0.25) is 4.79 Å². The molecule has 80 valence electrons. The van der Waals surface area contributed by atoms with E-state index in [1.807, 2.05) is 6.92 Å². The number of carbonyl (C=O) groups is 2. The Hall–Kier alpha value is -1.29.